The topological polar surface area (TPSA) is 17.1 Å². The van der Waals surface area contributed by atoms with Gasteiger partial charge in [-0.15, -0.1) is 0 Å². The highest BCUT2D eigenvalue weighted by atomic mass is 35.5. The summed E-state index contributed by atoms with van der Waals surface area (Å²) < 4.78 is 0. The number of carbonyl (C=O) groups is 1. The largest absolute Gasteiger partial charge is 0.281 e. The predicted molar refractivity (Wildman–Crippen MR) is 53.2 cm³/mol. The van der Waals surface area contributed by atoms with E-state index in [1.54, 1.807) is 0 Å². The zero-order valence-corrected chi connectivity index (χ0v) is 8.35. The zero-order valence-electron chi connectivity index (χ0n) is 6.84. The Kier molecular flexibility index (Phi) is 2.31. The molecule has 0 N–H and O–H groups in total. The molecule has 1 nitrogen and oxygen atoms in total. The van der Waals surface area contributed by atoms with Crippen LogP contribution in [-0.2, 0) is 4.79 Å². The van der Waals surface area contributed by atoms with Crippen LogP contribution in [0.15, 0.2) is 24.3 Å². The average molecular weight is 215 g/mol. The highest BCUT2D eigenvalue weighted by Gasteiger charge is 2.43. The van der Waals surface area contributed by atoms with E-state index in [1.165, 1.54) is 0 Å². The molecule has 1 aliphatic carbocycles. The third-order valence-corrected chi connectivity index (χ3v) is 3.01. The lowest BCUT2D eigenvalue weighted by Crippen LogP contribution is -1.91. The molecule has 0 unspecified atom stereocenters. The van der Waals surface area contributed by atoms with Crippen LogP contribution in [-0.4, -0.2) is 5.24 Å². The van der Waals surface area contributed by atoms with Crippen molar-refractivity contribution in [3.05, 3.63) is 34.9 Å². The molecule has 0 aromatic heterocycles. The summed E-state index contributed by atoms with van der Waals surface area (Å²) >= 11 is 11.4. The first-order chi connectivity index (χ1) is 6.20. The molecular formula is C10H8Cl2O. The monoisotopic (exact) mass is 214 g/mol. The van der Waals surface area contributed by atoms with Gasteiger partial charge in [-0.1, -0.05) is 29.8 Å². The molecule has 2 rings (SSSR count). The van der Waals surface area contributed by atoms with E-state index in [1.807, 2.05) is 24.3 Å². The molecule has 0 saturated heterocycles. The van der Waals surface area contributed by atoms with Gasteiger partial charge in [-0.05, 0) is 35.6 Å². The summed E-state index contributed by atoms with van der Waals surface area (Å²) in [4.78, 5) is 10.8. The van der Waals surface area contributed by atoms with E-state index >= 15 is 0 Å². The first-order valence-electron chi connectivity index (χ1n) is 4.14. The van der Waals surface area contributed by atoms with Gasteiger partial charge in [-0.3, -0.25) is 4.79 Å². The van der Waals surface area contributed by atoms with Gasteiger partial charge in [0.15, 0.2) is 0 Å². The molecular weight excluding hydrogens is 207 g/mol. The third-order valence-electron chi connectivity index (χ3n) is 2.39. The van der Waals surface area contributed by atoms with Crippen LogP contribution in [0.5, 0.6) is 0 Å². The zero-order chi connectivity index (χ0) is 9.42. The van der Waals surface area contributed by atoms with E-state index in [0.717, 1.165) is 17.0 Å². The van der Waals surface area contributed by atoms with Gasteiger partial charge in [-0.2, -0.15) is 0 Å². The summed E-state index contributed by atoms with van der Waals surface area (Å²) in [5.41, 5.74) is 1.04. The summed E-state index contributed by atoms with van der Waals surface area (Å²) in [6.07, 6.45) is 0.839. The molecule has 1 aliphatic rings. The molecule has 13 heavy (non-hydrogen) atoms. The molecule has 0 heterocycles. The van der Waals surface area contributed by atoms with Crippen molar-refractivity contribution in [2.45, 2.75) is 12.3 Å². The van der Waals surface area contributed by atoms with Gasteiger partial charge in [0.2, 0.25) is 5.24 Å². The van der Waals surface area contributed by atoms with Crippen molar-refractivity contribution < 1.29 is 4.79 Å². The molecule has 0 spiro atoms. The van der Waals surface area contributed by atoms with Crippen molar-refractivity contribution >= 4 is 28.4 Å². The van der Waals surface area contributed by atoms with Crippen LogP contribution in [0.25, 0.3) is 0 Å². The van der Waals surface area contributed by atoms with Gasteiger partial charge in [0.05, 0.1) is 0 Å². The molecule has 1 fully saturated rings. The van der Waals surface area contributed by atoms with Crippen molar-refractivity contribution in [1.82, 2.24) is 0 Å². The van der Waals surface area contributed by atoms with Gasteiger partial charge in [0, 0.05) is 10.9 Å². The van der Waals surface area contributed by atoms with Gasteiger partial charge < -0.3 is 0 Å². The van der Waals surface area contributed by atoms with Crippen LogP contribution >= 0.6 is 23.2 Å². The number of benzene rings is 1. The molecule has 0 radical (unpaired) electrons. The minimum atomic E-state index is -0.245. The van der Waals surface area contributed by atoms with Crippen LogP contribution in [0, 0.1) is 5.92 Å². The van der Waals surface area contributed by atoms with Crippen molar-refractivity contribution in [3.63, 3.8) is 0 Å². The minimum absolute atomic E-state index is 0.0124. The normalized spacial score (nSPS) is 25.7. The van der Waals surface area contributed by atoms with Crippen molar-refractivity contribution in [1.29, 1.82) is 0 Å². The molecule has 68 valence electrons. The quantitative estimate of drug-likeness (QED) is 0.692. The second-order valence-electron chi connectivity index (χ2n) is 3.27. The molecule has 1 aromatic rings. The van der Waals surface area contributed by atoms with Crippen molar-refractivity contribution in [2.75, 3.05) is 0 Å². The highest BCUT2D eigenvalue weighted by Crippen LogP contribution is 2.50. The number of halogens is 2. The number of hydrogen-bond donors (Lipinski definition) is 0. The summed E-state index contributed by atoms with van der Waals surface area (Å²) in [5.74, 6) is 0.236. The van der Waals surface area contributed by atoms with Gasteiger partial charge >= 0.3 is 0 Å². The maximum atomic E-state index is 10.8. The number of rotatable bonds is 2. The molecule has 0 amide bonds. The highest BCUT2D eigenvalue weighted by molar-refractivity contribution is 6.64. The Hall–Kier alpha value is -0.530. The molecule has 0 aliphatic heterocycles. The lowest BCUT2D eigenvalue weighted by atomic mass is 10.1. The fourth-order valence-electron chi connectivity index (χ4n) is 1.57. The van der Waals surface area contributed by atoms with E-state index in [9.17, 15) is 4.79 Å². The summed E-state index contributed by atoms with van der Waals surface area (Å²) in [5, 5.41) is 0.484. The Bertz CT molecular complexity index is 349. The maximum Gasteiger partial charge on any atom is 0.225 e. The summed E-state index contributed by atoms with van der Waals surface area (Å²) in [7, 11) is 0. The van der Waals surface area contributed by atoms with Crippen LogP contribution in [0.3, 0.4) is 0 Å². The van der Waals surface area contributed by atoms with E-state index in [4.69, 9.17) is 23.2 Å². The second-order valence-corrected chi connectivity index (χ2v) is 4.05. The number of carbonyl (C=O) groups excluding carboxylic acids is 1. The molecule has 0 bridgehead atoms. The SMILES string of the molecule is O=C(Cl)[C@@H]1C[C@H]1c1ccccc1Cl. The van der Waals surface area contributed by atoms with E-state index < -0.39 is 0 Å². The van der Waals surface area contributed by atoms with Gasteiger partial charge in [0.25, 0.3) is 0 Å². The van der Waals surface area contributed by atoms with Crippen molar-refractivity contribution in [3.8, 4) is 0 Å². The predicted octanol–water partition coefficient (Wildman–Crippen LogP) is 3.21. The third kappa shape index (κ3) is 1.72. The first kappa shape index (κ1) is 9.04. The first-order valence-corrected chi connectivity index (χ1v) is 4.89. The van der Waals surface area contributed by atoms with E-state index in [-0.39, 0.29) is 17.1 Å². The summed E-state index contributed by atoms with van der Waals surface area (Å²) in [6, 6.07) is 7.60. The Morgan fingerprint density at radius 3 is 2.62 bits per heavy atom. The van der Waals surface area contributed by atoms with Gasteiger partial charge in [0.1, 0.15) is 0 Å². The average Bonchev–Trinajstić information content (AvgIpc) is 2.84. The van der Waals surface area contributed by atoms with Crippen LogP contribution < -0.4 is 0 Å². The fraction of sp³-hybridized carbons (Fsp3) is 0.300. The van der Waals surface area contributed by atoms with Crippen LogP contribution in [0.4, 0.5) is 0 Å². The molecule has 3 heteroatoms. The van der Waals surface area contributed by atoms with Gasteiger partial charge in [-0.25, -0.2) is 0 Å². The van der Waals surface area contributed by atoms with E-state index in [0.29, 0.717) is 0 Å². The van der Waals surface area contributed by atoms with Crippen LogP contribution in [0.2, 0.25) is 5.02 Å². The molecule has 2 atom stereocenters. The van der Waals surface area contributed by atoms with E-state index in [2.05, 4.69) is 0 Å². The standard InChI is InChI=1S/C10H8Cl2O/c11-9-4-2-1-3-6(9)7-5-8(7)10(12)13/h1-4,7-8H,5H2/t7-,8+/m0/s1. The molecule has 1 aromatic carbocycles. The maximum absolute atomic E-state index is 10.8. The Labute approximate surface area is 86.7 Å². The Morgan fingerprint density at radius 2 is 2.08 bits per heavy atom. The minimum Gasteiger partial charge on any atom is -0.281 e. The van der Waals surface area contributed by atoms with Crippen LogP contribution in [0.1, 0.15) is 17.9 Å². The lowest BCUT2D eigenvalue weighted by Gasteiger charge is -2.00. The smallest absolute Gasteiger partial charge is 0.225 e. The van der Waals surface area contributed by atoms with Crippen molar-refractivity contribution in [2.24, 2.45) is 5.92 Å². The number of hydrogen-bond acceptors (Lipinski definition) is 1. The summed E-state index contributed by atoms with van der Waals surface area (Å²) in [6.45, 7) is 0. The Morgan fingerprint density at radius 1 is 1.38 bits per heavy atom. The molecule has 1 saturated carbocycles. The fourth-order valence-corrected chi connectivity index (χ4v) is 2.08. The lowest BCUT2D eigenvalue weighted by molar-refractivity contribution is -0.112. The Balaban J connectivity index is 2.21. The second kappa shape index (κ2) is 3.32.